The molecular weight excluding hydrogens is 266 g/mol. The standard InChI is InChI=1S/C16H21N3O2/c1-4-21-16-12(2)15(18-11-19-16)17-10-9-13-7-5-6-8-14(13)20-3/h5-8,11H,4,9-10H2,1-3H3,(H,17,18,19). The van der Waals surface area contributed by atoms with Crippen molar-refractivity contribution >= 4 is 5.82 Å². The average Bonchev–Trinajstić information content (AvgIpc) is 2.51. The molecule has 0 spiro atoms. The minimum Gasteiger partial charge on any atom is -0.496 e. The molecule has 1 heterocycles. The first-order chi connectivity index (χ1) is 10.3. The highest BCUT2D eigenvalue weighted by Crippen LogP contribution is 2.21. The van der Waals surface area contributed by atoms with Gasteiger partial charge in [0.25, 0.3) is 0 Å². The Morgan fingerprint density at radius 2 is 2.00 bits per heavy atom. The molecule has 0 saturated carbocycles. The van der Waals surface area contributed by atoms with Crippen LogP contribution >= 0.6 is 0 Å². The van der Waals surface area contributed by atoms with Crippen LogP contribution in [0.4, 0.5) is 5.82 Å². The van der Waals surface area contributed by atoms with Crippen LogP contribution in [0.25, 0.3) is 0 Å². The molecule has 0 amide bonds. The van der Waals surface area contributed by atoms with Gasteiger partial charge in [0.1, 0.15) is 17.9 Å². The van der Waals surface area contributed by atoms with E-state index in [2.05, 4.69) is 21.4 Å². The van der Waals surface area contributed by atoms with Gasteiger partial charge in [-0.05, 0) is 31.9 Å². The summed E-state index contributed by atoms with van der Waals surface area (Å²) in [5, 5.41) is 3.32. The number of hydrogen-bond donors (Lipinski definition) is 1. The Kier molecular flexibility index (Phi) is 5.37. The predicted octanol–water partition coefficient (Wildman–Crippen LogP) is 2.85. The first-order valence-electron chi connectivity index (χ1n) is 7.06. The monoisotopic (exact) mass is 287 g/mol. The third kappa shape index (κ3) is 3.84. The highest BCUT2D eigenvalue weighted by Gasteiger charge is 2.08. The van der Waals surface area contributed by atoms with Crippen molar-refractivity contribution in [2.45, 2.75) is 20.3 Å². The van der Waals surface area contributed by atoms with Gasteiger partial charge >= 0.3 is 0 Å². The summed E-state index contributed by atoms with van der Waals surface area (Å²) in [4.78, 5) is 8.39. The van der Waals surface area contributed by atoms with E-state index in [1.54, 1.807) is 7.11 Å². The molecule has 5 heteroatoms. The van der Waals surface area contributed by atoms with Crippen LogP contribution in [0.15, 0.2) is 30.6 Å². The molecule has 0 fully saturated rings. The second-order valence-corrected chi connectivity index (χ2v) is 4.57. The molecule has 0 saturated heterocycles. The minimum atomic E-state index is 0.596. The fourth-order valence-corrected chi connectivity index (χ4v) is 2.12. The van der Waals surface area contributed by atoms with E-state index in [-0.39, 0.29) is 0 Å². The van der Waals surface area contributed by atoms with E-state index in [1.165, 1.54) is 11.9 Å². The maximum Gasteiger partial charge on any atom is 0.221 e. The number of aromatic nitrogens is 2. The molecule has 1 aromatic carbocycles. The van der Waals surface area contributed by atoms with Crippen LogP contribution in [-0.2, 0) is 6.42 Å². The molecule has 0 aliphatic heterocycles. The van der Waals surface area contributed by atoms with Gasteiger partial charge in [0, 0.05) is 6.54 Å². The van der Waals surface area contributed by atoms with Crippen LogP contribution in [0.3, 0.4) is 0 Å². The Morgan fingerprint density at radius 3 is 2.76 bits per heavy atom. The second-order valence-electron chi connectivity index (χ2n) is 4.57. The number of benzene rings is 1. The highest BCUT2D eigenvalue weighted by molar-refractivity contribution is 5.47. The van der Waals surface area contributed by atoms with Gasteiger partial charge in [0.05, 0.1) is 19.3 Å². The summed E-state index contributed by atoms with van der Waals surface area (Å²) in [5.41, 5.74) is 2.10. The van der Waals surface area contributed by atoms with E-state index in [4.69, 9.17) is 9.47 Å². The van der Waals surface area contributed by atoms with Crippen molar-refractivity contribution in [2.75, 3.05) is 25.6 Å². The van der Waals surface area contributed by atoms with Gasteiger partial charge in [-0.3, -0.25) is 0 Å². The van der Waals surface area contributed by atoms with Gasteiger partial charge in [0.15, 0.2) is 0 Å². The molecule has 0 aliphatic rings. The van der Waals surface area contributed by atoms with Crippen LogP contribution < -0.4 is 14.8 Å². The van der Waals surface area contributed by atoms with Crippen LogP contribution in [-0.4, -0.2) is 30.2 Å². The smallest absolute Gasteiger partial charge is 0.221 e. The normalized spacial score (nSPS) is 10.2. The van der Waals surface area contributed by atoms with Crippen molar-refractivity contribution in [3.05, 3.63) is 41.7 Å². The largest absolute Gasteiger partial charge is 0.496 e. The van der Waals surface area contributed by atoms with Crippen LogP contribution in [0.2, 0.25) is 0 Å². The topological polar surface area (TPSA) is 56.3 Å². The van der Waals surface area contributed by atoms with Crippen LogP contribution in [0.1, 0.15) is 18.1 Å². The van der Waals surface area contributed by atoms with E-state index in [0.717, 1.165) is 30.1 Å². The van der Waals surface area contributed by atoms with Gasteiger partial charge < -0.3 is 14.8 Å². The third-order valence-corrected chi connectivity index (χ3v) is 3.20. The molecule has 0 atom stereocenters. The molecule has 21 heavy (non-hydrogen) atoms. The zero-order valence-electron chi connectivity index (χ0n) is 12.7. The summed E-state index contributed by atoms with van der Waals surface area (Å²) in [5.74, 6) is 2.35. The average molecular weight is 287 g/mol. The quantitative estimate of drug-likeness (QED) is 0.848. The molecule has 1 N–H and O–H groups in total. The van der Waals surface area contributed by atoms with E-state index >= 15 is 0 Å². The number of hydrogen-bond acceptors (Lipinski definition) is 5. The number of ether oxygens (including phenoxy) is 2. The van der Waals surface area contributed by atoms with Crippen LogP contribution in [0, 0.1) is 6.92 Å². The Bertz CT molecular complexity index is 587. The Hall–Kier alpha value is -2.30. The molecule has 112 valence electrons. The fourth-order valence-electron chi connectivity index (χ4n) is 2.12. The first kappa shape index (κ1) is 15.1. The molecule has 1 aromatic heterocycles. The predicted molar refractivity (Wildman–Crippen MR) is 83.1 cm³/mol. The number of methoxy groups -OCH3 is 1. The summed E-state index contributed by atoms with van der Waals surface area (Å²) >= 11 is 0. The molecular formula is C16H21N3O2. The zero-order chi connectivity index (χ0) is 15.1. The Balaban J connectivity index is 1.99. The SMILES string of the molecule is CCOc1ncnc(NCCc2ccccc2OC)c1C. The number of nitrogens with one attached hydrogen (secondary N) is 1. The maximum absolute atomic E-state index is 5.47. The summed E-state index contributed by atoms with van der Waals surface area (Å²) in [7, 11) is 1.69. The van der Waals surface area contributed by atoms with E-state index in [1.807, 2.05) is 32.0 Å². The molecule has 2 aromatic rings. The number of para-hydroxylation sites is 1. The molecule has 2 rings (SSSR count). The number of rotatable bonds is 7. The highest BCUT2D eigenvalue weighted by atomic mass is 16.5. The minimum absolute atomic E-state index is 0.596. The third-order valence-electron chi connectivity index (χ3n) is 3.20. The van der Waals surface area contributed by atoms with Gasteiger partial charge in [-0.2, -0.15) is 0 Å². The maximum atomic E-state index is 5.47. The lowest BCUT2D eigenvalue weighted by atomic mass is 10.1. The van der Waals surface area contributed by atoms with Crippen molar-refractivity contribution in [3.63, 3.8) is 0 Å². The van der Waals surface area contributed by atoms with Gasteiger partial charge in [-0.1, -0.05) is 18.2 Å². The van der Waals surface area contributed by atoms with Crippen molar-refractivity contribution < 1.29 is 9.47 Å². The lowest BCUT2D eigenvalue weighted by Gasteiger charge is -2.12. The second kappa shape index (κ2) is 7.47. The van der Waals surface area contributed by atoms with Crippen molar-refractivity contribution in [1.82, 2.24) is 9.97 Å². The van der Waals surface area contributed by atoms with Gasteiger partial charge in [-0.25, -0.2) is 9.97 Å². The first-order valence-corrected chi connectivity index (χ1v) is 7.06. The summed E-state index contributed by atoms with van der Waals surface area (Å²) in [6, 6.07) is 8.02. The summed E-state index contributed by atoms with van der Waals surface area (Å²) < 4.78 is 10.8. The summed E-state index contributed by atoms with van der Waals surface area (Å²) in [6.45, 7) is 5.26. The van der Waals surface area contributed by atoms with E-state index in [0.29, 0.717) is 12.5 Å². The van der Waals surface area contributed by atoms with Gasteiger partial charge in [0.2, 0.25) is 5.88 Å². The van der Waals surface area contributed by atoms with E-state index < -0.39 is 0 Å². The van der Waals surface area contributed by atoms with Crippen molar-refractivity contribution in [1.29, 1.82) is 0 Å². The zero-order valence-corrected chi connectivity index (χ0v) is 12.7. The lowest BCUT2D eigenvalue weighted by Crippen LogP contribution is -2.10. The van der Waals surface area contributed by atoms with Crippen molar-refractivity contribution in [3.8, 4) is 11.6 Å². The van der Waals surface area contributed by atoms with Crippen molar-refractivity contribution in [2.24, 2.45) is 0 Å². The molecule has 0 aliphatic carbocycles. The molecule has 0 bridgehead atoms. The fraction of sp³-hybridized carbons (Fsp3) is 0.375. The number of anilines is 1. The lowest BCUT2D eigenvalue weighted by molar-refractivity contribution is 0.324. The number of nitrogens with zero attached hydrogens (tertiary/aromatic N) is 2. The van der Waals surface area contributed by atoms with E-state index in [9.17, 15) is 0 Å². The molecule has 0 unspecified atom stereocenters. The molecule has 5 nitrogen and oxygen atoms in total. The Labute approximate surface area is 125 Å². The molecule has 0 radical (unpaired) electrons. The summed E-state index contributed by atoms with van der Waals surface area (Å²) in [6.07, 6.45) is 2.38. The van der Waals surface area contributed by atoms with Gasteiger partial charge in [-0.15, -0.1) is 0 Å². The Morgan fingerprint density at radius 1 is 1.19 bits per heavy atom. The van der Waals surface area contributed by atoms with Crippen LogP contribution in [0.5, 0.6) is 11.6 Å².